The summed E-state index contributed by atoms with van der Waals surface area (Å²) in [5.74, 6) is -0.391. The number of hydrogen-bond donors (Lipinski definition) is 0. The lowest BCUT2D eigenvalue weighted by Crippen LogP contribution is -2.07. The van der Waals surface area contributed by atoms with Crippen LogP contribution in [0.1, 0.15) is 0 Å². The largest absolute Gasteiger partial charge is 0.314 e. The van der Waals surface area contributed by atoms with Crippen molar-refractivity contribution >= 4 is 22.5 Å². The van der Waals surface area contributed by atoms with Gasteiger partial charge in [-0.25, -0.2) is 4.39 Å². The fraction of sp³-hybridized carbons (Fsp3) is 0. The summed E-state index contributed by atoms with van der Waals surface area (Å²) >= 11 is 5.91. The second-order valence-corrected chi connectivity index (χ2v) is 4.60. The van der Waals surface area contributed by atoms with E-state index in [0.717, 1.165) is 0 Å². The van der Waals surface area contributed by atoms with Crippen molar-refractivity contribution in [3.8, 4) is 5.69 Å². The third kappa shape index (κ3) is 2.02. The first kappa shape index (κ1) is 11.9. The maximum Gasteiger partial charge on any atom is 0.189 e. The van der Waals surface area contributed by atoms with Crippen LogP contribution in [0.25, 0.3) is 16.6 Å². The zero-order chi connectivity index (χ0) is 13.4. The predicted molar refractivity (Wildman–Crippen MR) is 74.5 cm³/mol. The quantitative estimate of drug-likeness (QED) is 0.661. The van der Waals surface area contributed by atoms with E-state index >= 15 is 0 Å². The SMILES string of the molecule is O=c1ccn(-c2cc(Cl)ccc2F)c2ccccc12. The summed E-state index contributed by atoms with van der Waals surface area (Å²) in [5, 5.41) is 0.989. The van der Waals surface area contributed by atoms with Crippen molar-refractivity contribution in [2.24, 2.45) is 0 Å². The van der Waals surface area contributed by atoms with E-state index in [1.54, 1.807) is 35.0 Å². The lowest BCUT2D eigenvalue weighted by Gasteiger charge is -2.11. The summed E-state index contributed by atoms with van der Waals surface area (Å²) in [6.45, 7) is 0. The molecule has 4 heteroatoms. The van der Waals surface area contributed by atoms with Gasteiger partial charge in [-0.15, -0.1) is 0 Å². The normalized spacial score (nSPS) is 10.8. The van der Waals surface area contributed by atoms with Gasteiger partial charge in [0.1, 0.15) is 5.82 Å². The summed E-state index contributed by atoms with van der Waals surface area (Å²) in [6, 6.07) is 12.8. The summed E-state index contributed by atoms with van der Waals surface area (Å²) in [6.07, 6.45) is 1.55. The van der Waals surface area contributed by atoms with Crippen LogP contribution in [0.2, 0.25) is 5.02 Å². The molecule has 0 aliphatic heterocycles. The van der Waals surface area contributed by atoms with Crippen LogP contribution in [0.15, 0.2) is 59.5 Å². The number of hydrogen-bond acceptors (Lipinski definition) is 1. The van der Waals surface area contributed by atoms with Gasteiger partial charge in [0.05, 0.1) is 11.2 Å². The highest BCUT2D eigenvalue weighted by Gasteiger charge is 2.08. The molecule has 0 bridgehead atoms. The molecule has 0 spiro atoms. The van der Waals surface area contributed by atoms with Crippen LogP contribution >= 0.6 is 11.6 Å². The van der Waals surface area contributed by atoms with Crippen LogP contribution in [0.4, 0.5) is 4.39 Å². The van der Waals surface area contributed by atoms with Crippen molar-refractivity contribution in [1.82, 2.24) is 4.57 Å². The molecule has 0 N–H and O–H groups in total. The van der Waals surface area contributed by atoms with Crippen molar-refractivity contribution in [1.29, 1.82) is 0 Å². The molecule has 0 fully saturated rings. The van der Waals surface area contributed by atoms with Gasteiger partial charge in [0, 0.05) is 22.7 Å². The first-order chi connectivity index (χ1) is 9.16. The summed E-state index contributed by atoms with van der Waals surface area (Å²) in [4.78, 5) is 11.8. The van der Waals surface area contributed by atoms with Crippen molar-refractivity contribution < 1.29 is 4.39 Å². The fourth-order valence-corrected chi connectivity index (χ4v) is 2.25. The van der Waals surface area contributed by atoms with Crippen molar-refractivity contribution in [3.63, 3.8) is 0 Å². The molecule has 94 valence electrons. The molecule has 3 rings (SSSR count). The Morgan fingerprint density at radius 2 is 1.84 bits per heavy atom. The zero-order valence-corrected chi connectivity index (χ0v) is 10.6. The maximum atomic E-state index is 13.9. The van der Waals surface area contributed by atoms with E-state index in [9.17, 15) is 9.18 Å². The summed E-state index contributed by atoms with van der Waals surface area (Å²) < 4.78 is 15.5. The Morgan fingerprint density at radius 1 is 1.05 bits per heavy atom. The average molecular weight is 274 g/mol. The molecule has 3 aromatic rings. The Labute approximate surface area is 113 Å². The maximum absolute atomic E-state index is 13.9. The molecule has 2 aromatic carbocycles. The van der Waals surface area contributed by atoms with Crippen LogP contribution in [-0.4, -0.2) is 4.57 Å². The number of halogens is 2. The second-order valence-electron chi connectivity index (χ2n) is 4.16. The Bertz CT molecular complexity index is 826. The highest BCUT2D eigenvalue weighted by atomic mass is 35.5. The minimum absolute atomic E-state index is 0.0886. The van der Waals surface area contributed by atoms with Crippen molar-refractivity contribution in [2.45, 2.75) is 0 Å². The monoisotopic (exact) mass is 273 g/mol. The lowest BCUT2D eigenvalue weighted by atomic mass is 10.2. The first-order valence-electron chi connectivity index (χ1n) is 5.72. The number of nitrogens with zero attached hydrogens (tertiary/aromatic N) is 1. The second kappa shape index (κ2) is 4.52. The van der Waals surface area contributed by atoms with Crippen LogP contribution < -0.4 is 5.43 Å². The molecule has 0 aliphatic rings. The van der Waals surface area contributed by atoms with Gasteiger partial charge in [-0.1, -0.05) is 23.7 Å². The molecule has 1 aromatic heterocycles. The van der Waals surface area contributed by atoms with E-state index in [1.165, 1.54) is 24.3 Å². The smallest absolute Gasteiger partial charge is 0.189 e. The van der Waals surface area contributed by atoms with Crippen LogP contribution in [0.3, 0.4) is 0 Å². The number of rotatable bonds is 1. The fourth-order valence-electron chi connectivity index (χ4n) is 2.08. The van der Waals surface area contributed by atoms with Gasteiger partial charge < -0.3 is 4.57 Å². The molecule has 0 amide bonds. The zero-order valence-electron chi connectivity index (χ0n) is 9.81. The molecule has 2 nitrogen and oxygen atoms in total. The minimum atomic E-state index is -0.391. The summed E-state index contributed by atoms with van der Waals surface area (Å²) in [5.41, 5.74) is 0.883. The van der Waals surface area contributed by atoms with E-state index in [4.69, 9.17) is 11.6 Å². The highest BCUT2D eigenvalue weighted by molar-refractivity contribution is 6.30. The molecular weight excluding hydrogens is 265 g/mol. The van der Waals surface area contributed by atoms with Gasteiger partial charge in [-0.2, -0.15) is 0 Å². The topological polar surface area (TPSA) is 22.0 Å². The van der Waals surface area contributed by atoms with E-state index < -0.39 is 5.82 Å². The Balaban J connectivity index is 2.41. The van der Waals surface area contributed by atoms with Gasteiger partial charge in [0.2, 0.25) is 0 Å². The van der Waals surface area contributed by atoms with Crippen LogP contribution in [-0.2, 0) is 0 Å². The molecular formula is C15H9ClFNO. The number of benzene rings is 2. The lowest BCUT2D eigenvalue weighted by molar-refractivity contribution is 0.619. The molecule has 0 saturated heterocycles. The molecule has 1 heterocycles. The van der Waals surface area contributed by atoms with E-state index in [-0.39, 0.29) is 5.43 Å². The van der Waals surface area contributed by atoms with Gasteiger partial charge >= 0.3 is 0 Å². The van der Waals surface area contributed by atoms with Crippen LogP contribution in [0, 0.1) is 5.82 Å². The predicted octanol–water partition coefficient (Wildman–Crippen LogP) is 3.78. The molecule has 0 aliphatic carbocycles. The van der Waals surface area contributed by atoms with Gasteiger partial charge in [-0.05, 0) is 30.3 Å². The molecule has 0 unspecified atom stereocenters. The average Bonchev–Trinajstić information content (AvgIpc) is 2.43. The Hall–Kier alpha value is -2.13. The molecule has 0 radical (unpaired) electrons. The number of pyridine rings is 1. The van der Waals surface area contributed by atoms with E-state index in [2.05, 4.69) is 0 Å². The molecule has 0 atom stereocenters. The van der Waals surface area contributed by atoms with Crippen molar-refractivity contribution in [2.75, 3.05) is 0 Å². The number of aromatic nitrogens is 1. The third-order valence-electron chi connectivity index (χ3n) is 2.97. The van der Waals surface area contributed by atoms with Crippen LogP contribution in [0.5, 0.6) is 0 Å². The van der Waals surface area contributed by atoms with E-state index in [0.29, 0.717) is 21.6 Å². The first-order valence-corrected chi connectivity index (χ1v) is 6.10. The molecule has 19 heavy (non-hydrogen) atoms. The Kier molecular flexibility index (Phi) is 2.84. The Morgan fingerprint density at radius 3 is 2.68 bits per heavy atom. The number of para-hydroxylation sites is 1. The standard InChI is InChI=1S/C15H9ClFNO/c16-10-5-6-12(17)14(9-10)18-8-7-15(19)11-3-1-2-4-13(11)18/h1-9H. The summed E-state index contributed by atoms with van der Waals surface area (Å²) in [7, 11) is 0. The van der Waals surface area contributed by atoms with Gasteiger partial charge in [0.15, 0.2) is 5.43 Å². The minimum Gasteiger partial charge on any atom is -0.314 e. The van der Waals surface area contributed by atoms with Gasteiger partial charge in [0.25, 0.3) is 0 Å². The molecule has 0 saturated carbocycles. The van der Waals surface area contributed by atoms with Gasteiger partial charge in [-0.3, -0.25) is 4.79 Å². The third-order valence-corrected chi connectivity index (χ3v) is 3.21. The number of fused-ring (bicyclic) bond motifs is 1. The highest BCUT2D eigenvalue weighted by Crippen LogP contribution is 2.22. The van der Waals surface area contributed by atoms with Crippen molar-refractivity contribution in [3.05, 3.63) is 75.8 Å². The van der Waals surface area contributed by atoms with E-state index in [1.807, 2.05) is 0 Å².